The lowest BCUT2D eigenvalue weighted by Gasteiger charge is -2.13. The second-order valence-corrected chi connectivity index (χ2v) is 3.65. The molecule has 4 nitrogen and oxygen atoms in total. The van der Waals surface area contributed by atoms with Gasteiger partial charge in [0, 0.05) is 0 Å². The quantitative estimate of drug-likeness (QED) is 0.364. The third-order valence-electron chi connectivity index (χ3n) is 1.36. The van der Waals surface area contributed by atoms with Crippen molar-refractivity contribution in [2.24, 2.45) is 0 Å². The van der Waals surface area contributed by atoms with Crippen LogP contribution in [-0.2, 0) is 20.6 Å². The minimum Gasteiger partial charge on any atom is -0.772 e. The summed E-state index contributed by atoms with van der Waals surface area (Å²) in [6.07, 6.45) is 1.69. The first kappa shape index (κ1) is 11.6. The van der Waals surface area contributed by atoms with E-state index in [2.05, 4.69) is 4.74 Å². The molecule has 0 aliphatic carbocycles. The molecule has 0 spiro atoms. The highest BCUT2D eigenvalue weighted by atomic mass is 32.2. The van der Waals surface area contributed by atoms with Gasteiger partial charge in [0.15, 0.2) is 0 Å². The zero-order valence-electron chi connectivity index (χ0n) is 7.24. The molecule has 0 N–H and O–H groups in total. The summed E-state index contributed by atoms with van der Waals surface area (Å²) in [7, 11) is 0. The van der Waals surface area contributed by atoms with E-state index in [9.17, 15) is 13.6 Å². The molecule has 0 fully saturated rings. The van der Waals surface area contributed by atoms with Crippen LogP contribution >= 0.6 is 0 Å². The molecule has 0 aromatic heterocycles. The lowest BCUT2D eigenvalue weighted by molar-refractivity contribution is -0.142. The molecular weight excluding hydrogens is 180 g/mol. The molecule has 72 valence electrons. The van der Waals surface area contributed by atoms with Crippen molar-refractivity contribution < 1.29 is 18.3 Å². The summed E-state index contributed by atoms with van der Waals surface area (Å²) in [5.41, 5.74) is 0. The maximum absolute atomic E-state index is 10.8. The number of esters is 1. The summed E-state index contributed by atoms with van der Waals surface area (Å²) in [6, 6.07) is 0. The van der Waals surface area contributed by atoms with E-state index in [0.717, 1.165) is 12.8 Å². The first-order valence-corrected chi connectivity index (χ1v) is 4.98. The number of unbranched alkanes of at least 4 members (excludes halogenated alkanes) is 1. The molecule has 12 heavy (non-hydrogen) atoms. The summed E-state index contributed by atoms with van der Waals surface area (Å²) >= 11 is -2.37. The fourth-order valence-electron chi connectivity index (χ4n) is 0.513. The number of ether oxygens (including phenoxy) is 1. The van der Waals surface area contributed by atoms with E-state index in [4.69, 9.17) is 0 Å². The highest BCUT2D eigenvalue weighted by molar-refractivity contribution is 7.80. The Bertz CT molecular complexity index is 169. The van der Waals surface area contributed by atoms with Crippen molar-refractivity contribution in [1.82, 2.24) is 0 Å². The smallest absolute Gasteiger partial charge is 0.320 e. The van der Waals surface area contributed by atoms with Crippen LogP contribution in [0, 0.1) is 0 Å². The van der Waals surface area contributed by atoms with Crippen LogP contribution in [0.5, 0.6) is 0 Å². The van der Waals surface area contributed by atoms with Crippen molar-refractivity contribution in [3.8, 4) is 0 Å². The second-order valence-electron chi connectivity index (χ2n) is 2.42. The molecule has 5 heteroatoms. The zero-order chi connectivity index (χ0) is 9.56. The summed E-state index contributed by atoms with van der Waals surface area (Å²) in [5.74, 6) is -0.670. The van der Waals surface area contributed by atoms with Crippen LogP contribution in [0.4, 0.5) is 0 Å². The van der Waals surface area contributed by atoms with E-state index in [1.165, 1.54) is 6.92 Å². The highest BCUT2D eigenvalue weighted by Crippen LogP contribution is 1.97. The van der Waals surface area contributed by atoms with Gasteiger partial charge in [-0.25, -0.2) is 0 Å². The van der Waals surface area contributed by atoms with E-state index in [0.29, 0.717) is 6.61 Å². The van der Waals surface area contributed by atoms with Crippen LogP contribution in [0.25, 0.3) is 0 Å². The van der Waals surface area contributed by atoms with Crippen LogP contribution < -0.4 is 0 Å². The molecule has 0 aromatic rings. The van der Waals surface area contributed by atoms with Gasteiger partial charge in [0.05, 0.1) is 6.61 Å². The Hall–Kier alpha value is -0.420. The van der Waals surface area contributed by atoms with Crippen LogP contribution in [0.3, 0.4) is 0 Å². The number of carbonyl (C=O) groups excluding carboxylic acids is 1. The Morgan fingerprint density at radius 2 is 2.25 bits per heavy atom. The predicted molar refractivity (Wildman–Crippen MR) is 44.2 cm³/mol. The third kappa shape index (κ3) is 4.46. The van der Waals surface area contributed by atoms with Crippen LogP contribution in [-0.4, -0.2) is 26.6 Å². The summed E-state index contributed by atoms with van der Waals surface area (Å²) in [6.45, 7) is 3.57. The molecule has 0 aliphatic heterocycles. The van der Waals surface area contributed by atoms with Gasteiger partial charge in [-0.2, -0.15) is 0 Å². The van der Waals surface area contributed by atoms with Gasteiger partial charge in [-0.15, -0.1) is 0 Å². The summed E-state index contributed by atoms with van der Waals surface area (Å²) in [5, 5.41) is -1.05. The summed E-state index contributed by atoms with van der Waals surface area (Å²) in [4.78, 5) is 10.8. The van der Waals surface area contributed by atoms with Crippen molar-refractivity contribution in [3.63, 3.8) is 0 Å². The Morgan fingerprint density at radius 3 is 2.67 bits per heavy atom. The second kappa shape index (κ2) is 6.14. The normalized spacial score (nSPS) is 15.2. The lowest BCUT2D eigenvalue weighted by Crippen LogP contribution is -2.24. The molecule has 0 aliphatic rings. The highest BCUT2D eigenvalue weighted by Gasteiger charge is 2.14. The van der Waals surface area contributed by atoms with Gasteiger partial charge < -0.3 is 9.29 Å². The average molecular weight is 193 g/mol. The van der Waals surface area contributed by atoms with Crippen LogP contribution in [0.15, 0.2) is 0 Å². The monoisotopic (exact) mass is 193 g/mol. The Morgan fingerprint density at radius 1 is 1.67 bits per heavy atom. The Kier molecular flexibility index (Phi) is 5.92. The van der Waals surface area contributed by atoms with E-state index < -0.39 is 22.3 Å². The van der Waals surface area contributed by atoms with Crippen molar-refractivity contribution in [3.05, 3.63) is 0 Å². The van der Waals surface area contributed by atoms with Gasteiger partial charge in [-0.3, -0.25) is 9.00 Å². The number of carbonyl (C=O) groups is 1. The fourth-order valence-corrected chi connectivity index (χ4v) is 0.738. The van der Waals surface area contributed by atoms with Crippen molar-refractivity contribution >= 4 is 17.0 Å². The van der Waals surface area contributed by atoms with Crippen LogP contribution in [0.1, 0.15) is 26.7 Å². The SMILES string of the molecule is CCCCOC(=O)C(C)S(=O)[O-]. The molecule has 0 bridgehead atoms. The molecule has 0 heterocycles. The van der Waals surface area contributed by atoms with Gasteiger partial charge in [0.2, 0.25) is 0 Å². The molecule has 0 saturated heterocycles. The molecule has 0 saturated carbocycles. The van der Waals surface area contributed by atoms with Crippen molar-refractivity contribution in [2.75, 3.05) is 6.61 Å². The largest absolute Gasteiger partial charge is 0.772 e. The predicted octanol–water partition coefficient (Wildman–Crippen LogP) is 0.597. The number of rotatable bonds is 5. The molecule has 0 rings (SSSR count). The van der Waals surface area contributed by atoms with E-state index in [1.54, 1.807) is 0 Å². The van der Waals surface area contributed by atoms with Gasteiger partial charge in [0.25, 0.3) is 0 Å². The number of hydrogen-bond donors (Lipinski definition) is 0. The fraction of sp³-hybridized carbons (Fsp3) is 0.857. The molecule has 0 amide bonds. The topological polar surface area (TPSA) is 66.4 Å². The molecule has 2 unspecified atom stereocenters. The maximum atomic E-state index is 10.8. The van der Waals surface area contributed by atoms with Crippen molar-refractivity contribution in [2.45, 2.75) is 31.9 Å². The first-order chi connectivity index (χ1) is 5.59. The van der Waals surface area contributed by atoms with E-state index >= 15 is 0 Å². The minimum absolute atomic E-state index is 0.302. The van der Waals surface area contributed by atoms with E-state index in [-0.39, 0.29) is 0 Å². The first-order valence-electron chi connectivity index (χ1n) is 3.84. The zero-order valence-corrected chi connectivity index (χ0v) is 8.06. The van der Waals surface area contributed by atoms with E-state index in [1.807, 2.05) is 6.92 Å². The van der Waals surface area contributed by atoms with Gasteiger partial charge in [-0.1, -0.05) is 13.3 Å². The summed E-state index contributed by atoms with van der Waals surface area (Å²) < 4.78 is 25.2. The van der Waals surface area contributed by atoms with Crippen molar-refractivity contribution in [1.29, 1.82) is 0 Å². The Labute approximate surface area is 74.6 Å². The minimum atomic E-state index is -2.37. The molecule has 0 radical (unpaired) electrons. The van der Waals surface area contributed by atoms with Gasteiger partial charge in [-0.05, 0) is 24.4 Å². The van der Waals surface area contributed by atoms with Gasteiger partial charge >= 0.3 is 5.97 Å². The lowest BCUT2D eigenvalue weighted by atomic mass is 10.4. The number of hydrogen-bond acceptors (Lipinski definition) is 4. The van der Waals surface area contributed by atoms with Gasteiger partial charge in [0.1, 0.15) is 5.25 Å². The molecular formula is C7H13O4S-. The molecule has 0 aromatic carbocycles. The molecule has 2 atom stereocenters. The standard InChI is InChI=1S/C7H14O4S/c1-3-4-5-11-7(8)6(2)12(9)10/h6H,3-5H2,1-2H3,(H,9,10)/p-1. The average Bonchev–Trinajstić information content (AvgIpc) is 2.03. The van der Waals surface area contributed by atoms with Crippen LogP contribution in [0.2, 0.25) is 0 Å². The Balaban J connectivity index is 3.65. The third-order valence-corrected chi connectivity index (χ3v) is 2.13. The maximum Gasteiger partial charge on any atom is 0.320 e.